The lowest BCUT2D eigenvalue weighted by molar-refractivity contribution is -0.113. The van der Waals surface area contributed by atoms with Gasteiger partial charge in [0.25, 0.3) is 0 Å². The standard InChI is InChI=1S/C23H24N6OS/c1-28-19-8-4-3-7-18(19)21-22(28)25-23(27-26-21)31-15-20(30)24-16-9-11-17(12-10-16)29-13-5-2-6-14-29/h3-4,7-12H,2,5-6,13-15H2,1H3,(H,24,30). The van der Waals surface area contributed by atoms with Crippen molar-refractivity contribution in [3.8, 4) is 0 Å². The molecule has 1 aliphatic rings. The minimum Gasteiger partial charge on any atom is -0.372 e. The van der Waals surface area contributed by atoms with Gasteiger partial charge < -0.3 is 14.8 Å². The molecule has 4 aromatic rings. The van der Waals surface area contributed by atoms with Gasteiger partial charge in [0.2, 0.25) is 11.1 Å². The van der Waals surface area contributed by atoms with Crippen molar-refractivity contribution in [2.24, 2.45) is 7.05 Å². The third-order valence-corrected chi connectivity index (χ3v) is 6.53. The van der Waals surface area contributed by atoms with Gasteiger partial charge in [0.1, 0.15) is 5.52 Å². The molecule has 158 valence electrons. The van der Waals surface area contributed by atoms with Crippen molar-refractivity contribution in [1.82, 2.24) is 19.7 Å². The van der Waals surface area contributed by atoms with Crippen molar-refractivity contribution in [3.05, 3.63) is 48.5 Å². The minimum absolute atomic E-state index is 0.0866. The van der Waals surface area contributed by atoms with E-state index in [1.54, 1.807) is 0 Å². The number of carbonyl (C=O) groups excluding carboxylic acids is 1. The van der Waals surface area contributed by atoms with Gasteiger partial charge in [-0.05, 0) is 49.6 Å². The minimum atomic E-state index is -0.0866. The summed E-state index contributed by atoms with van der Waals surface area (Å²) in [6.45, 7) is 2.22. The van der Waals surface area contributed by atoms with Gasteiger partial charge in [-0.1, -0.05) is 30.0 Å². The van der Waals surface area contributed by atoms with Crippen LogP contribution in [0.2, 0.25) is 0 Å². The molecular weight excluding hydrogens is 408 g/mol. The Balaban J connectivity index is 1.22. The average molecular weight is 433 g/mol. The molecule has 0 bridgehead atoms. The predicted octanol–water partition coefficient (Wildman–Crippen LogP) is 4.24. The van der Waals surface area contributed by atoms with Gasteiger partial charge in [-0.15, -0.1) is 10.2 Å². The predicted molar refractivity (Wildman–Crippen MR) is 126 cm³/mol. The van der Waals surface area contributed by atoms with Crippen LogP contribution in [0.15, 0.2) is 53.7 Å². The number of fused-ring (bicyclic) bond motifs is 3. The number of nitrogens with zero attached hydrogens (tertiary/aromatic N) is 5. The first-order chi connectivity index (χ1) is 15.2. The van der Waals surface area contributed by atoms with Crippen LogP contribution in [0.5, 0.6) is 0 Å². The lowest BCUT2D eigenvalue weighted by Crippen LogP contribution is -2.29. The Morgan fingerprint density at radius 1 is 1.03 bits per heavy atom. The van der Waals surface area contributed by atoms with Gasteiger partial charge in [0, 0.05) is 36.9 Å². The molecule has 0 atom stereocenters. The topological polar surface area (TPSA) is 75.9 Å². The number of benzene rings is 2. The van der Waals surface area contributed by atoms with Crippen molar-refractivity contribution in [1.29, 1.82) is 0 Å². The van der Waals surface area contributed by atoms with E-state index >= 15 is 0 Å². The Morgan fingerprint density at radius 3 is 2.61 bits per heavy atom. The fourth-order valence-electron chi connectivity index (χ4n) is 4.09. The number of rotatable bonds is 5. The van der Waals surface area contributed by atoms with Crippen molar-refractivity contribution >= 4 is 51.1 Å². The van der Waals surface area contributed by atoms with Gasteiger partial charge in [-0.3, -0.25) is 4.79 Å². The summed E-state index contributed by atoms with van der Waals surface area (Å²) in [4.78, 5) is 19.4. The molecule has 31 heavy (non-hydrogen) atoms. The second-order valence-electron chi connectivity index (χ2n) is 7.77. The molecule has 0 spiro atoms. The van der Waals surface area contributed by atoms with E-state index in [4.69, 9.17) is 0 Å². The molecule has 3 heterocycles. The summed E-state index contributed by atoms with van der Waals surface area (Å²) in [6.07, 6.45) is 3.81. The van der Waals surface area contributed by atoms with E-state index in [1.165, 1.54) is 36.7 Å². The first-order valence-corrected chi connectivity index (χ1v) is 11.5. The maximum absolute atomic E-state index is 12.4. The van der Waals surface area contributed by atoms with Crippen molar-refractivity contribution in [2.45, 2.75) is 24.4 Å². The molecular formula is C23H24N6OS. The summed E-state index contributed by atoms with van der Waals surface area (Å²) >= 11 is 1.29. The fourth-order valence-corrected chi connectivity index (χ4v) is 4.67. The molecule has 2 aromatic heterocycles. The van der Waals surface area contributed by atoms with Gasteiger partial charge in [-0.25, -0.2) is 4.98 Å². The second-order valence-corrected chi connectivity index (χ2v) is 8.72. The molecule has 1 aliphatic heterocycles. The van der Waals surface area contributed by atoms with E-state index in [0.717, 1.165) is 40.8 Å². The number of aryl methyl sites for hydroxylation is 1. The molecule has 0 unspecified atom stereocenters. The number of hydrogen-bond donors (Lipinski definition) is 1. The van der Waals surface area contributed by atoms with Crippen LogP contribution in [0.1, 0.15) is 19.3 Å². The molecule has 1 saturated heterocycles. The number of amides is 1. The highest BCUT2D eigenvalue weighted by atomic mass is 32.2. The van der Waals surface area contributed by atoms with Crippen LogP contribution in [-0.2, 0) is 11.8 Å². The number of anilines is 2. The molecule has 1 N–H and O–H groups in total. The van der Waals surface area contributed by atoms with E-state index in [1.807, 2.05) is 48.0 Å². The summed E-state index contributed by atoms with van der Waals surface area (Å²) in [5.74, 6) is 0.141. The Kier molecular flexibility index (Phi) is 5.46. The normalized spacial score (nSPS) is 14.3. The molecule has 1 fully saturated rings. The summed E-state index contributed by atoms with van der Waals surface area (Å²) in [7, 11) is 1.97. The van der Waals surface area contributed by atoms with Crippen LogP contribution in [0.4, 0.5) is 11.4 Å². The first kappa shape index (κ1) is 19.8. The third kappa shape index (κ3) is 4.07. The molecule has 1 amide bonds. The molecule has 0 saturated carbocycles. The van der Waals surface area contributed by atoms with Gasteiger partial charge in [0.15, 0.2) is 5.65 Å². The zero-order valence-corrected chi connectivity index (χ0v) is 18.2. The van der Waals surface area contributed by atoms with Gasteiger partial charge in [-0.2, -0.15) is 0 Å². The maximum atomic E-state index is 12.4. The zero-order chi connectivity index (χ0) is 21.2. The Bertz CT molecular complexity index is 1230. The van der Waals surface area contributed by atoms with E-state index in [9.17, 15) is 4.79 Å². The Morgan fingerprint density at radius 2 is 1.81 bits per heavy atom. The van der Waals surface area contributed by atoms with Crippen LogP contribution in [-0.4, -0.2) is 44.5 Å². The van der Waals surface area contributed by atoms with E-state index in [0.29, 0.717) is 5.16 Å². The molecule has 7 nitrogen and oxygen atoms in total. The number of piperidine rings is 1. The second kappa shape index (κ2) is 8.55. The Hall–Kier alpha value is -3.13. The summed E-state index contributed by atoms with van der Waals surface area (Å²) in [5.41, 5.74) is 4.63. The number of thioether (sulfide) groups is 1. The monoisotopic (exact) mass is 432 g/mol. The van der Waals surface area contributed by atoms with Crippen molar-refractivity contribution in [2.75, 3.05) is 29.1 Å². The van der Waals surface area contributed by atoms with Crippen LogP contribution in [0, 0.1) is 0 Å². The first-order valence-electron chi connectivity index (χ1n) is 10.5. The van der Waals surface area contributed by atoms with Gasteiger partial charge >= 0.3 is 0 Å². The number of nitrogens with one attached hydrogen (secondary N) is 1. The van der Waals surface area contributed by atoms with E-state index in [-0.39, 0.29) is 11.7 Å². The zero-order valence-electron chi connectivity index (χ0n) is 17.4. The van der Waals surface area contributed by atoms with Crippen LogP contribution >= 0.6 is 11.8 Å². The lowest BCUT2D eigenvalue weighted by Gasteiger charge is -2.28. The molecule has 0 aliphatic carbocycles. The third-order valence-electron chi connectivity index (χ3n) is 5.69. The number of hydrogen-bond acceptors (Lipinski definition) is 6. The molecule has 8 heteroatoms. The fraction of sp³-hybridized carbons (Fsp3) is 0.304. The SMILES string of the molecule is Cn1c2ccccc2c2nnc(SCC(=O)Nc3ccc(N4CCCCC4)cc3)nc21. The van der Waals surface area contributed by atoms with Crippen LogP contribution < -0.4 is 10.2 Å². The number of aromatic nitrogens is 4. The highest BCUT2D eigenvalue weighted by Gasteiger charge is 2.14. The molecule has 5 rings (SSSR count). The van der Waals surface area contributed by atoms with Gasteiger partial charge in [0.05, 0.1) is 11.3 Å². The summed E-state index contributed by atoms with van der Waals surface area (Å²) < 4.78 is 2.01. The van der Waals surface area contributed by atoms with Crippen molar-refractivity contribution in [3.63, 3.8) is 0 Å². The largest absolute Gasteiger partial charge is 0.372 e. The molecule has 0 radical (unpaired) electrons. The van der Waals surface area contributed by atoms with Crippen LogP contribution in [0.25, 0.3) is 22.1 Å². The summed E-state index contributed by atoms with van der Waals surface area (Å²) in [6, 6.07) is 16.1. The smallest absolute Gasteiger partial charge is 0.234 e. The number of para-hydroxylation sites is 1. The highest BCUT2D eigenvalue weighted by Crippen LogP contribution is 2.26. The number of carbonyl (C=O) groups is 1. The quantitative estimate of drug-likeness (QED) is 0.476. The lowest BCUT2D eigenvalue weighted by atomic mass is 10.1. The average Bonchev–Trinajstić information content (AvgIpc) is 3.11. The van der Waals surface area contributed by atoms with Crippen LogP contribution in [0.3, 0.4) is 0 Å². The molecule has 2 aromatic carbocycles. The summed E-state index contributed by atoms with van der Waals surface area (Å²) in [5, 5.41) is 13.0. The van der Waals surface area contributed by atoms with E-state index < -0.39 is 0 Å². The van der Waals surface area contributed by atoms with E-state index in [2.05, 4.69) is 37.5 Å². The van der Waals surface area contributed by atoms with Crippen molar-refractivity contribution < 1.29 is 4.79 Å². The maximum Gasteiger partial charge on any atom is 0.234 e. The highest BCUT2D eigenvalue weighted by molar-refractivity contribution is 7.99. The Labute approximate surface area is 184 Å².